The first-order valence-corrected chi connectivity index (χ1v) is 8.36. The maximum atomic E-state index is 12.4. The van der Waals surface area contributed by atoms with Gasteiger partial charge in [0.2, 0.25) is 0 Å². The van der Waals surface area contributed by atoms with Crippen molar-refractivity contribution in [2.45, 2.75) is 71.6 Å². The highest BCUT2D eigenvalue weighted by Crippen LogP contribution is 2.15. The molecule has 0 aliphatic rings. The lowest BCUT2D eigenvalue weighted by atomic mass is 10.0. The van der Waals surface area contributed by atoms with Gasteiger partial charge in [-0.3, -0.25) is 0 Å². The number of benzene rings is 1. The summed E-state index contributed by atoms with van der Waals surface area (Å²) in [7, 11) is 0. The van der Waals surface area contributed by atoms with Crippen LogP contribution in [0, 0.1) is 0 Å². The van der Waals surface area contributed by atoms with Gasteiger partial charge in [0.05, 0.1) is 0 Å². The van der Waals surface area contributed by atoms with Crippen molar-refractivity contribution in [3.05, 3.63) is 29.8 Å². The van der Waals surface area contributed by atoms with Gasteiger partial charge in [-0.1, -0.05) is 12.1 Å². The molecule has 0 bridgehead atoms. The maximum Gasteiger partial charge on any atom is 0.408 e. The summed E-state index contributed by atoms with van der Waals surface area (Å²) in [5.41, 5.74) is -0.361. The third-order valence-electron chi connectivity index (χ3n) is 3.04. The van der Waals surface area contributed by atoms with Gasteiger partial charge in [0, 0.05) is 0 Å². The molecule has 1 atom stereocenters. The van der Waals surface area contributed by atoms with Crippen LogP contribution >= 0.6 is 0 Å². The quantitative estimate of drug-likeness (QED) is 0.792. The van der Waals surface area contributed by atoms with Crippen molar-refractivity contribution in [3.8, 4) is 5.75 Å². The smallest absolute Gasteiger partial charge is 0.408 e. The Kier molecular flexibility index (Phi) is 6.85. The highest BCUT2D eigenvalue weighted by atomic mass is 16.6. The Hall–Kier alpha value is -2.24. The summed E-state index contributed by atoms with van der Waals surface area (Å²) in [4.78, 5) is 24.4. The predicted octanol–water partition coefficient (Wildman–Crippen LogP) is 3.56. The van der Waals surface area contributed by atoms with Gasteiger partial charge in [0.15, 0.2) is 0 Å². The second-order valence-electron chi connectivity index (χ2n) is 7.94. The molecule has 25 heavy (non-hydrogen) atoms. The highest BCUT2D eigenvalue weighted by molar-refractivity contribution is 5.81. The van der Waals surface area contributed by atoms with E-state index in [4.69, 9.17) is 9.47 Å². The van der Waals surface area contributed by atoms with Gasteiger partial charge in [-0.15, -0.1) is 0 Å². The number of nitrogens with one attached hydrogen (secondary N) is 1. The normalized spacial score (nSPS) is 13.0. The lowest BCUT2D eigenvalue weighted by Gasteiger charge is -2.26. The van der Waals surface area contributed by atoms with Crippen LogP contribution in [0.5, 0.6) is 5.75 Å². The number of carbonyl (C=O) groups is 2. The molecule has 0 saturated heterocycles. The van der Waals surface area contributed by atoms with Gasteiger partial charge in [0.25, 0.3) is 0 Å². The van der Waals surface area contributed by atoms with Crippen LogP contribution in [0.3, 0.4) is 0 Å². The number of ether oxygens (including phenoxy) is 2. The minimum absolute atomic E-state index is 0.180. The summed E-state index contributed by atoms with van der Waals surface area (Å²) in [6.07, 6.45) is 0.243. The molecule has 1 aromatic rings. The first-order valence-electron chi connectivity index (χ1n) is 8.36. The molecule has 0 aliphatic carbocycles. The van der Waals surface area contributed by atoms with Gasteiger partial charge in [0.1, 0.15) is 23.0 Å². The SMILES string of the molecule is CC(C)(C)OC(=O)N[C@@H](CCc1ccc(O)cc1)C(=O)OC(C)(C)C. The van der Waals surface area contributed by atoms with E-state index in [0.717, 1.165) is 5.56 Å². The average Bonchev–Trinajstić information content (AvgIpc) is 2.41. The van der Waals surface area contributed by atoms with Crippen molar-refractivity contribution in [3.63, 3.8) is 0 Å². The molecule has 0 fully saturated rings. The maximum absolute atomic E-state index is 12.4. The van der Waals surface area contributed by atoms with Gasteiger partial charge >= 0.3 is 12.1 Å². The molecular weight excluding hydrogens is 322 g/mol. The molecule has 2 N–H and O–H groups in total. The molecule has 1 aromatic carbocycles. The van der Waals surface area contributed by atoms with Crippen LogP contribution < -0.4 is 5.32 Å². The molecule has 0 heterocycles. The van der Waals surface area contributed by atoms with Crippen LogP contribution in [-0.2, 0) is 20.7 Å². The molecule has 0 aliphatic heterocycles. The van der Waals surface area contributed by atoms with E-state index in [9.17, 15) is 14.7 Å². The molecule has 0 aromatic heterocycles. The molecule has 1 amide bonds. The van der Waals surface area contributed by atoms with Crippen molar-refractivity contribution in [1.29, 1.82) is 0 Å². The molecule has 0 saturated carbocycles. The zero-order chi connectivity index (χ0) is 19.3. The molecule has 6 nitrogen and oxygen atoms in total. The second-order valence-corrected chi connectivity index (χ2v) is 7.94. The fraction of sp³-hybridized carbons (Fsp3) is 0.579. The highest BCUT2D eigenvalue weighted by Gasteiger charge is 2.28. The Morgan fingerprint density at radius 1 is 1.00 bits per heavy atom. The summed E-state index contributed by atoms with van der Waals surface area (Å²) < 4.78 is 10.6. The summed E-state index contributed by atoms with van der Waals surface area (Å²) in [5, 5.41) is 11.9. The molecule has 0 radical (unpaired) electrons. The molecule has 6 heteroatoms. The Labute approximate surface area is 149 Å². The van der Waals surface area contributed by atoms with Crippen LogP contribution in [0.1, 0.15) is 53.5 Å². The van der Waals surface area contributed by atoms with Crippen molar-refractivity contribution < 1.29 is 24.2 Å². The molecule has 140 valence electrons. The predicted molar refractivity (Wildman–Crippen MR) is 95.4 cm³/mol. The van der Waals surface area contributed by atoms with Gasteiger partial charge in [-0.25, -0.2) is 9.59 Å². The first-order chi connectivity index (χ1) is 11.4. The molecule has 1 rings (SSSR count). The number of esters is 1. The van der Waals surface area contributed by atoms with Crippen LogP contribution in [0.2, 0.25) is 0 Å². The third kappa shape index (κ3) is 8.98. The lowest BCUT2D eigenvalue weighted by Crippen LogP contribution is -2.46. The lowest BCUT2D eigenvalue weighted by molar-refractivity contribution is -0.157. The van der Waals surface area contributed by atoms with Crippen LogP contribution in [0.25, 0.3) is 0 Å². The Morgan fingerprint density at radius 3 is 2.00 bits per heavy atom. The topological polar surface area (TPSA) is 84.9 Å². The number of phenols is 1. The number of hydrogen-bond acceptors (Lipinski definition) is 5. The van der Waals surface area contributed by atoms with Gasteiger partial charge < -0.3 is 19.9 Å². The van der Waals surface area contributed by atoms with Crippen molar-refractivity contribution in [2.24, 2.45) is 0 Å². The van der Waals surface area contributed by atoms with E-state index < -0.39 is 29.3 Å². The zero-order valence-corrected chi connectivity index (χ0v) is 15.9. The van der Waals surface area contributed by atoms with Crippen LogP contribution in [0.4, 0.5) is 4.79 Å². The number of phenolic OH excluding ortho intramolecular Hbond substituents is 1. The number of amides is 1. The Balaban J connectivity index is 2.77. The van der Waals surface area contributed by atoms with Crippen molar-refractivity contribution in [2.75, 3.05) is 0 Å². The number of aromatic hydroxyl groups is 1. The summed E-state index contributed by atoms with van der Waals surface area (Å²) in [5.74, 6) is -0.323. The fourth-order valence-electron chi connectivity index (χ4n) is 2.05. The average molecular weight is 351 g/mol. The second kappa shape index (κ2) is 8.23. The van der Waals surface area contributed by atoms with E-state index >= 15 is 0 Å². The number of aryl methyl sites for hydroxylation is 1. The van der Waals surface area contributed by atoms with Crippen LogP contribution in [-0.4, -0.2) is 34.4 Å². The van der Waals surface area contributed by atoms with E-state index in [-0.39, 0.29) is 5.75 Å². The van der Waals surface area contributed by atoms with E-state index in [1.165, 1.54) is 0 Å². The largest absolute Gasteiger partial charge is 0.508 e. The Morgan fingerprint density at radius 2 is 1.52 bits per heavy atom. The third-order valence-corrected chi connectivity index (χ3v) is 3.04. The number of carbonyl (C=O) groups excluding carboxylic acids is 2. The monoisotopic (exact) mass is 351 g/mol. The first kappa shape index (κ1) is 20.8. The summed E-state index contributed by atoms with van der Waals surface area (Å²) in [6.45, 7) is 10.6. The fourth-order valence-corrected chi connectivity index (χ4v) is 2.05. The minimum Gasteiger partial charge on any atom is -0.508 e. The Bertz CT molecular complexity index is 581. The van der Waals surface area contributed by atoms with E-state index in [0.29, 0.717) is 12.8 Å². The van der Waals surface area contributed by atoms with Crippen LogP contribution in [0.15, 0.2) is 24.3 Å². The van der Waals surface area contributed by atoms with Gasteiger partial charge in [-0.2, -0.15) is 0 Å². The number of alkyl carbamates (subject to hydrolysis) is 1. The standard InChI is InChI=1S/C19H29NO5/c1-18(2,3)24-16(22)15(20-17(23)25-19(4,5)6)12-9-13-7-10-14(21)11-8-13/h7-8,10-11,15,21H,9,12H2,1-6H3,(H,20,23)/t15-/m0/s1. The summed E-state index contributed by atoms with van der Waals surface area (Å²) in [6, 6.07) is 5.89. The zero-order valence-electron chi connectivity index (χ0n) is 15.9. The van der Waals surface area contributed by atoms with Crippen molar-refractivity contribution >= 4 is 12.1 Å². The number of hydrogen-bond donors (Lipinski definition) is 2. The molecule has 0 spiro atoms. The minimum atomic E-state index is -0.817. The molecular formula is C19H29NO5. The van der Waals surface area contributed by atoms with Crippen molar-refractivity contribution in [1.82, 2.24) is 5.32 Å². The van der Waals surface area contributed by atoms with E-state index in [2.05, 4.69) is 5.32 Å². The molecule has 0 unspecified atom stereocenters. The van der Waals surface area contributed by atoms with Gasteiger partial charge in [-0.05, 0) is 72.1 Å². The van der Waals surface area contributed by atoms with E-state index in [1.54, 1.807) is 65.8 Å². The van der Waals surface area contributed by atoms with E-state index in [1.807, 2.05) is 0 Å². The summed E-state index contributed by atoms with van der Waals surface area (Å²) >= 11 is 0. The number of rotatable bonds is 5.